The third-order valence-corrected chi connectivity index (χ3v) is 7.25. The van der Waals surface area contributed by atoms with Gasteiger partial charge in [-0.15, -0.1) is 0 Å². The molecule has 0 aliphatic carbocycles. The Morgan fingerprint density at radius 2 is 1.84 bits per heavy atom. The van der Waals surface area contributed by atoms with E-state index in [2.05, 4.69) is 5.32 Å². The maximum atomic E-state index is 12.9. The van der Waals surface area contributed by atoms with Crippen molar-refractivity contribution in [3.8, 4) is 5.75 Å². The molecule has 2 aromatic rings. The predicted molar refractivity (Wildman–Crippen MR) is 119 cm³/mol. The van der Waals surface area contributed by atoms with Crippen LogP contribution in [0.1, 0.15) is 24.0 Å². The zero-order valence-corrected chi connectivity index (χ0v) is 19.0. The zero-order chi connectivity index (χ0) is 23.0. The van der Waals surface area contributed by atoms with Gasteiger partial charge in [-0.2, -0.15) is 4.31 Å². The molecule has 7 nitrogen and oxygen atoms in total. The molecule has 32 heavy (non-hydrogen) atoms. The van der Waals surface area contributed by atoms with Gasteiger partial charge in [-0.25, -0.2) is 12.8 Å². The Labute approximate surface area is 188 Å². The van der Waals surface area contributed by atoms with E-state index in [1.165, 1.54) is 29.6 Å². The molecule has 1 aliphatic rings. The molecule has 1 heterocycles. The zero-order valence-electron chi connectivity index (χ0n) is 18.2. The Morgan fingerprint density at radius 3 is 2.53 bits per heavy atom. The predicted octanol–water partition coefficient (Wildman–Crippen LogP) is 2.54. The summed E-state index contributed by atoms with van der Waals surface area (Å²) in [5, 5.41) is 2.87. The highest BCUT2D eigenvalue weighted by Crippen LogP contribution is 2.26. The third kappa shape index (κ3) is 6.51. The van der Waals surface area contributed by atoms with Crippen LogP contribution in [0.4, 0.5) is 4.39 Å². The van der Waals surface area contributed by atoms with Crippen molar-refractivity contribution in [3.05, 3.63) is 59.4 Å². The van der Waals surface area contributed by atoms with E-state index < -0.39 is 10.0 Å². The van der Waals surface area contributed by atoms with E-state index in [1.54, 1.807) is 24.3 Å². The van der Waals surface area contributed by atoms with Gasteiger partial charge in [0.25, 0.3) is 0 Å². The Hall–Kier alpha value is -2.49. The Bertz CT molecular complexity index is 1010. The van der Waals surface area contributed by atoms with E-state index in [0.717, 1.165) is 18.4 Å². The second kappa shape index (κ2) is 11.4. The van der Waals surface area contributed by atoms with Crippen molar-refractivity contribution in [2.45, 2.75) is 30.6 Å². The fourth-order valence-electron chi connectivity index (χ4n) is 3.55. The van der Waals surface area contributed by atoms with E-state index in [0.29, 0.717) is 50.6 Å². The molecule has 2 aromatic carbocycles. The molecule has 1 N–H and O–H groups in total. The summed E-state index contributed by atoms with van der Waals surface area (Å²) in [6, 6.07) is 11.1. The number of nitrogens with one attached hydrogen (secondary N) is 1. The third-order valence-electron chi connectivity index (χ3n) is 5.36. The monoisotopic (exact) mass is 464 g/mol. The van der Waals surface area contributed by atoms with Crippen LogP contribution in [0, 0.1) is 5.82 Å². The molecule has 0 radical (unpaired) electrons. The fraction of sp³-hybridized carbons (Fsp3) is 0.435. The van der Waals surface area contributed by atoms with Gasteiger partial charge in [-0.1, -0.05) is 12.1 Å². The molecule has 0 saturated carbocycles. The van der Waals surface area contributed by atoms with Crippen molar-refractivity contribution >= 4 is 15.9 Å². The van der Waals surface area contributed by atoms with Gasteiger partial charge in [0, 0.05) is 26.1 Å². The van der Waals surface area contributed by atoms with Crippen molar-refractivity contribution in [1.29, 1.82) is 0 Å². The molecule has 1 fully saturated rings. The number of halogens is 1. The number of sulfonamides is 1. The normalized spacial score (nSPS) is 14.8. The van der Waals surface area contributed by atoms with Crippen LogP contribution < -0.4 is 10.1 Å². The highest BCUT2D eigenvalue weighted by molar-refractivity contribution is 7.89. The van der Waals surface area contributed by atoms with Crippen LogP contribution in [0.2, 0.25) is 0 Å². The molecular formula is C23H29FN2O5S. The van der Waals surface area contributed by atoms with Crippen molar-refractivity contribution in [1.82, 2.24) is 9.62 Å². The Kier molecular flexibility index (Phi) is 8.60. The highest BCUT2D eigenvalue weighted by Gasteiger charge is 2.27. The lowest BCUT2D eigenvalue weighted by Crippen LogP contribution is -2.40. The van der Waals surface area contributed by atoms with Crippen LogP contribution in [0.3, 0.4) is 0 Å². The topological polar surface area (TPSA) is 84.9 Å². The summed E-state index contributed by atoms with van der Waals surface area (Å²) in [5.41, 5.74) is 1.69. The SMILES string of the molecule is COc1ccc(S(=O)(=O)N2CCOCC2)cc1CCC(=O)NCCCc1ccc(F)cc1. The number of benzene rings is 2. The summed E-state index contributed by atoms with van der Waals surface area (Å²) in [6.45, 7) is 1.92. The van der Waals surface area contributed by atoms with Gasteiger partial charge in [0.05, 0.1) is 25.2 Å². The molecule has 3 rings (SSSR count). The summed E-state index contributed by atoms with van der Waals surface area (Å²) in [7, 11) is -2.10. The number of morpholine rings is 1. The molecule has 0 atom stereocenters. The van der Waals surface area contributed by atoms with Crippen LogP contribution in [0.5, 0.6) is 5.75 Å². The minimum atomic E-state index is -3.62. The average Bonchev–Trinajstić information content (AvgIpc) is 2.82. The first-order valence-corrected chi connectivity index (χ1v) is 12.1. The summed E-state index contributed by atoms with van der Waals surface area (Å²) < 4.78 is 50.8. The number of ether oxygens (including phenoxy) is 2. The number of amides is 1. The lowest BCUT2D eigenvalue weighted by atomic mass is 10.1. The van der Waals surface area contributed by atoms with Crippen LogP contribution in [-0.4, -0.2) is 58.6 Å². The minimum Gasteiger partial charge on any atom is -0.496 e. The maximum Gasteiger partial charge on any atom is 0.243 e. The lowest BCUT2D eigenvalue weighted by Gasteiger charge is -2.26. The van der Waals surface area contributed by atoms with Crippen LogP contribution >= 0.6 is 0 Å². The quantitative estimate of drug-likeness (QED) is 0.547. The maximum absolute atomic E-state index is 12.9. The molecule has 0 aromatic heterocycles. The van der Waals surface area contributed by atoms with Gasteiger partial charge in [0.2, 0.25) is 15.9 Å². The van der Waals surface area contributed by atoms with E-state index >= 15 is 0 Å². The van der Waals surface area contributed by atoms with Gasteiger partial charge < -0.3 is 14.8 Å². The highest BCUT2D eigenvalue weighted by atomic mass is 32.2. The largest absolute Gasteiger partial charge is 0.496 e. The molecule has 9 heteroatoms. The molecule has 174 valence electrons. The fourth-order valence-corrected chi connectivity index (χ4v) is 5.01. The van der Waals surface area contributed by atoms with E-state index in [-0.39, 0.29) is 23.0 Å². The summed E-state index contributed by atoms with van der Waals surface area (Å²) in [4.78, 5) is 12.4. The number of aryl methyl sites for hydroxylation is 2. The average molecular weight is 465 g/mol. The summed E-state index contributed by atoms with van der Waals surface area (Å²) >= 11 is 0. The number of nitrogens with zero attached hydrogens (tertiary/aromatic N) is 1. The van der Waals surface area contributed by atoms with Gasteiger partial charge >= 0.3 is 0 Å². The van der Waals surface area contributed by atoms with Gasteiger partial charge in [0.1, 0.15) is 11.6 Å². The van der Waals surface area contributed by atoms with Gasteiger partial charge in [-0.3, -0.25) is 4.79 Å². The first kappa shape index (κ1) is 24.2. The lowest BCUT2D eigenvalue weighted by molar-refractivity contribution is -0.121. The summed E-state index contributed by atoms with van der Waals surface area (Å²) in [5.74, 6) is 0.168. The minimum absolute atomic E-state index is 0.118. The van der Waals surface area contributed by atoms with E-state index in [9.17, 15) is 17.6 Å². The molecule has 0 bridgehead atoms. The standard InChI is InChI=1S/C23H29FN2O5S/c1-30-22-10-9-21(32(28,29)26-13-15-31-16-14-26)17-19(22)6-11-23(27)25-12-2-3-18-4-7-20(24)8-5-18/h4-5,7-10,17H,2-3,6,11-16H2,1H3,(H,25,27). The second-order valence-corrected chi connectivity index (χ2v) is 9.51. The molecular weight excluding hydrogens is 435 g/mol. The molecule has 1 saturated heterocycles. The molecule has 1 aliphatic heterocycles. The van der Waals surface area contributed by atoms with Crippen molar-refractivity contribution in [3.63, 3.8) is 0 Å². The molecule has 0 spiro atoms. The van der Waals surface area contributed by atoms with Crippen molar-refractivity contribution in [2.24, 2.45) is 0 Å². The Balaban J connectivity index is 1.53. The van der Waals surface area contributed by atoms with Crippen LogP contribution in [0.25, 0.3) is 0 Å². The van der Waals surface area contributed by atoms with Gasteiger partial charge in [0.15, 0.2) is 0 Å². The van der Waals surface area contributed by atoms with Crippen molar-refractivity contribution < 1.29 is 27.1 Å². The number of methoxy groups -OCH3 is 1. The number of hydrogen-bond acceptors (Lipinski definition) is 5. The first-order valence-electron chi connectivity index (χ1n) is 10.7. The smallest absolute Gasteiger partial charge is 0.243 e. The van der Waals surface area contributed by atoms with Gasteiger partial charge in [-0.05, 0) is 60.7 Å². The van der Waals surface area contributed by atoms with Crippen LogP contribution in [-0.2, 0) is 32.4 Å². The van der Waals surface area contributed by atoms with Crippen molar-refractivity contribution in [2.75, 3.05) is 40.0 Å². The molecule has 1 amide bonds. The van der Waals surface area contributed by atoms with E-state index in [1.807, 2.05) is 0 Å². The van der Waals surface area contributed by atoms with E-state index in [4.69, 9.17) is 9.47 Å². The van der Waals surface area contributed by atoms with Crippen LogP contribution in [0.15, 0.2) is 47.4 Å². The number of hydrogen-bond donors (Lipinski definition) is 1. The number of carbonyl (C=O) groups is 1. The molecule has 0 unspecified atom stereocenters. The first-order chi connectivity index (χ1) is 15.4. The Morgan fingerprint density at radius 1 is 1.12 bits per heavy atom. The number of rotatable bonds is 10. The second-order valence-electron chi connectivity index (χ2n) is 7.57. The summed E-state index contributed by atoms with van der Waals surface area (Å²) in [6.07, 6.45) is 2.07. The number of carbonyl (C=O) groups excluding carboxylic acids is 1.